The first kappa shape index (κ1) is 16.1. The van der Waals surface area contributed by atoms with Crippen LogP contribution in [0.5, 0.6) is 0 Å². The summed E-state index contributed by atoms with van der Waals surface area (Å²) >= 11 is 3.47. The molecular formula is C14H18BrN5O3. The molecule has 3 rings (SSSR count). The predicted octanol–water partition coefficient (Wildman–Crippen LogP) is 1.60. The van der Waals surface area contributed by atoms with E-state index in [0.29, 0.717) is 18.9 Å². The zero-order valence-corrected chi connectivity index (χ0v) is 14.6. The Balaban J connectivity index is 1.60. The van der Waals surface area contributed by atoms with E-state index in [2.05, 4.69) is 36.5 Å². The Kier molecular flexibility index (Phi) is 4.76. The van der Waals surface area contributed by atoms with Gasteiger partial charge in [0.15, 0.2) is 5.82 Å². The molecule has 124 valence electrons. The molecule has 8 nitrogen and oxygen atoms in total. The quantitative estimate of drug-likeness (QED) is 0.842. The van der Waals surface area contributed by atoms with E-state index in [1.165, 1.54) is 0 Å². The van der Waals surface area contributed by atoms with Crippen molar-refractivity contribution in [1.29, 1.82) is 0 Å². The topological polar surface area (TPSA) is 95.1 Å². The molecule has 9 heteroatoms. The fourth-order valence-corrected chi connectivity index (χ4v) is 2.74. The van der Waals surface area contributed by atoms with Crippen molar-refractivity contribution >= 4 is 21.8 Å². The van der Waals surface area contributed by atoms with Crippen LogP contribution >= 0.6 is 15.9 Å². The molecule has 3 heterocycles. The third kappa shape index (κ3) is 3.61. The van der Waals surface area contributed by atoms with E-state index in [1.54, 1.807) is 4.68 Å². The minimum Gasteiger partial charge on any atom is -0.376 e. The summed E-state index contributed by atoms with van der Waals surface area (Å²) < 4.78 is 13.2. The summed E-state index contributed by atoms with van der Waals surface area (Å²) in [5.41, 5.74) is 1.86. The highest BCUT2D eigenvalue weighted by Crippen LogP contribution is 2.20. The predicted molar refractivity (Wildman–Crippen MR) is 84.1 cm³/mol. The van der Waals surface area contributed by atoms with Crippen molar-refractivity contribution in [2.75, 3.05) is 13.2 Å². The van der Waals surface area contributed by atoms with Gasteiger partial charge < -0.3 is 14.6 Å². The van der Waals surface area contributed by atoms with Crippen molar-refractivity contribution in [2.24, 2.45) is 0 Å². The molecule has 1 atom stereocenters. The van der Waals surface area contributed by atoms with Crippen molar-refractivity contribution in [3.05, 3.63) is 27.6 Å². The minimum atomic E-state index is -0.381. The Morgan fingerprint density at radius 2 is 2.30 bits per heavy atom. The number of aromatic nitrogens is 4. The molecule has 0 spiro atoms. The molecule has 1 saturated heterocycles. The number of nitrogens with one attached hydrogen (secondary N) is 1. The SMILES string of the molecule is Cc1nn(Cc2noc(C(=O)NC[C@@H]3CCCO3)n2)c(C)c1Br. The van der Waals surface area contributed by atoms with Gasteiger partial charge in [-0.25, -0.2) is 0 Å². The summed E-state index contributed by atoms with van der Waals surface area (Å²) in [5.74, 6) is -0.0160. The summed E-state index contributed by atoms with van der Waals surface area (Å²) in [6.45, 7) is 5.42. The lowest BCUT2D eigenvalue weighted by atomic mass is 10.2. The van der Waals surface area contributed by atoms with Crippen LogP contribution in [0.4, 0.5) is 0 Å². The fourth-order valence-electron chi connectivity index (χ4n) is 2.46. The van der Waals surface area contributed by atoms with Gasteiger partial charge in [-0.1, -0.05) is 5.16 Å². The average Bonchev–Trinajstić information content (AvgIpc) is 3.25. The number of nitrogens with zero attached hydrogens (tertiary/aromatic N) is 4. The maximum atomic E-state index is 12.0. The normalized spacial score (nSPS) is 17.6. The van der Waals surface area contributed by atoms with Gasteiger partial charge in [-0.05, 0) is 42.6 Å². The molecule has 0 aromatic carbocycles. The van der Waals surface area contributed by atoms with Crippen LogP contribution in [0.3, 0.4) is 0 Å². The fraction of sp³-hybridized carbons (Fsp3) is 0.571. The van der Waals surface area contributed by atoms with Gasteiger partial charge in [0.1, 0.15) is 6.54 Å². The molecule has 1 aliphatic rings. The van der Waals surface area contributed by atoms with Gasteiger partial charge in [-0.15, -0.1) is 0 Å². The number of hydrogen-bond donors (Lipinski definition) is 1. The summed E-state index contributed by atoms with van der Waals surface area (Å²) in [6, 6.07) is 0. The van der Waals surface area contributed by atoms with Crippen LogP contribution in [0.15, 0.2) is 9.00 Å². The van der Waals surface area contributed by atoms with E-state index in [9.17, 15) is 4.79 Å². The van der Waals surface area contributed by atoms with Crippen molar-refractivity contribution in [3.63, 3.8) is 0 Å². The molecular weight excluding hydrogens is 366 g/mol. The van der Waals surface area contributed by atoms with Crippen molar-refractivity contribution in [1.82, 2.24) is 25.2 Å². The average molecular weight is 384 g/mol. The molecule has 0 saturated carbocycles. The van der Waals surface area contributed by atoms with Crippen LogP contribution in [0.25, 0.3) is 0 Å². The van der Waals surface area contributed by atoms with Gasteiger partial charge in [-0.2, -0.15) is 10.1 Å². The molecule has 0 bridgehead atoms. The van der Waals surface area contributed by atoms with Gasteiger partial charge >= 0.3 is 11.8 Å². The number of halogens is 1. The molecule has 0 unspecified atom stereocenters. The van der Waals surface area contributed by atoms with E-state index < -0.39 is 0 Å². The zero-order chi connectivity index (χ0) is 16.4. The van der Waals surface area contributed by atoms with Gasteiger partial charge in [-0.3, -0.25) is 9.48 Å². The first-order valence-electron chi connectivity index (χ1n) is 7.46. The standard InChI is InChI=1S/C14H18BrN5O3/c1-8-12(15)9(2)20(18-8)7-11-17-14(23-19-11)13(21)16-6-10-4-3-5-22-10/h10H,3-7H2,1-2H3,(H,16,21)/t10-/m0/s1. The Morgan fingerprint density at radius 1 is 1.48 bits per heavy atom. The monoisotopic (exact) mass is 383 g/mol. The minimum absolute atomic E-state index is 0.0430. The molecule has 0 aliphatic carbocycles. The number of amides is 1. The first-order chi connectivity index (χ1) is 11.0. The number of rotatable bonds is 5. The second-order valence-electron chi connectivity index (χ2n) is 5.50. The molecule has 2 aromatic heterocycles. The maximum absolute atomic E-state index is 12.0. The van der Waals surface area contributed by atoms with E-state index in [4.69, 9.17) is 9.26 Å². The van der Waals surface area contributed by atoms with Crippen LogP contribution in [0, 0.1) is 13.8 Å². The highest BCUT2D eigenvalue weighted by atomic mass is 79.9. The molecule has 1 aliphatic heterocycles. The van der Waals surface area contributed by atoms with E-state index >= 15 is 0 Å². The number of carbonyl (C=O) groups excluding carboxylic acids is 1. The number of aryl methyl sites for hydroxylation is 1. The van der Waals surface area contributed by atoms with E-state index in [0.717, 1.165) is 35.3 Å². The highest BCUT2D eigenvalue weighted by molar-refractivity contribution is 9.10. The van der Waals surface area contributed by atoms with Crippen LogP contribution in [0.2, 0.25) is 0 Å². The molecule has 1 N–H and O–H groups in total. The van der Waals surface area contributed by atoms with E-state index in [-0.39, 0.29) is 17.9 Å². The Hall–Kier alpha value is -1.74. The van der Waals surface area contributed by atoms with Crippen LogP contribution < -0.4 is 5.32 Å². The van der Waals surface area contributed by atoms with E-state index in [1.807, 2.05) is 13.8 Å². The first-order valence-corrected chi connectivity index (χ1v) is 8.26. The van der Waals surface area contributed by atoms with Crippen molar-refractivity contribution in [3.8, 4) is 0 Å². The largest absolute Gasteiger partial charge is 0.376 e. The maximum Gasteiger partial charge on any atom is 0.316 e. The number of hydrogen-bond acceptors (Lipinski definition) is 6. The third-order valence-corrected chi connectivity index (χ3v) is 4.91. The molecule has 1 amide bonds. The lowest BCUT2D eigenvalue weighted by Gasteiger charge is -2.08. The second kappa shape index (κ2) is 6.79. The summed E-state index contributed by atoms with van der Waals surface area (Å²) in [4.78, 5) is 16.1. The van der Waals surface area contributed by atoms with Gasteiger partial charge in [0.05, 0.1) is 22.0 Å². The summed E-state index contributed by atoms with van der Waals surface area (Å²) in [5, 5.41) is 11.0. The van der Waals surface area contributed by atoms with Gasteiger partial charge in [0.25, 0.3) is 0 Å². The Morgan fingerprint density at radius 3 is 2.96 bits per heavy atom. The molecule has 1 fully saturated rings. The highest BCUT2D eigenvalue weighted by Gasteiger charge is 2.20. The smallest absolute Gasteiger partial charge is 0.316 e. The lowest BCUT2D eigenvalue weighted by molar-refractivity contribution is 0.0822. The molecule has 23 heavy (non-hydrogen) atoms. The third-order valence-electron chi connectivity index (χ3n) is 3.76. The van der Waals surface area contributed by atoms with Crippen LogP contribution in [-0.4, -0.2) is 45.1 Å². The second-order valence-corrected chi connectivity index (χ2v) is 6.30. The zero-order valence-electron chi connectivity index (χ0n) is 13.0. The number of ether oxygens (including phenoxy) is 1. The van der Waals surface area contributed by atoms with Crippen molar-refractivity contribution in [2.45, 2.75) is 39.3 Å². The lowest BCUT2D eigenvalue weighted by Crippen LogP contribution is -2.31. The summed E-state index contributed by atoms with van der Waals surface area (Å²) in [6.07, 6.45) is 2.07. The summed E-state index contributed by atoms with van der Waals surface area (Å²) in [7, 11) is 0. The molecule has 0 radical (unpaired) electrons. The number of carbonyl (C=O) groups is 1. The van der Waals surface area contributed by atoms with Gasteiger partial charge in [0.2, 0.25) is 0 Å². The van der Waals surface area contributed by atoms with Crippen molar-refractivity contribution < 1.29 is 14.1 Å². The van der Waals surface area contributed by atoms with Crippen LogP contribution in [0.1, 0.15) is 40.7 Å². The Bertz CT molecular complexity index is 705. The van der Waals surface area contributed by atoms with Crippen LogP contribution in [-0.2, 0) is 11.3 Å². The van der Waals surface area contributed by atoms with Gasteiger partial charge in [0, 0.05) is 13.2 Å². The molecule has 2 aromatic rings. The Labute approximate surface area is 141 Å².